The number of halogens is 3. The molecule has 1 aliphatic rings. The van der Waals surface area contributed by atoms with E-state index < -0.39 is 12.2 Å². The number of amides is 1. The quantitative estimate of drug-likeness (QED) is 0.793. The van der Waals surface area contributed by atoms with E-state index in [4.69, 9.17) is 5.73 Å². The van der Waals surface area contributed by atoms with Crippen molar-refractivity contribution in [2.75, 3.05) is 32.7 Å². The topological polar surface area (TPSA) is 49.6 Å². The highest BCUT2D eigenvalue weighted by Gasteiger charge is 2.41. The van der Waals surface area contributed by atoms with Gasteiger partial charge >= 0.3 is 6.18 Å². The fraction of sp³-hybridized carbons (Fsp3) is 0.900. The molecule has 1 fully saturated rings. The van der Waals surface area contributed by atoms with Gasteiger partial charge in [0.05, 0.1) is 0 Å². The van der Waals surface area contributed by atoms with Crippen molar-refractivity contribution in [3.8, 4) is 0 Å². The maximum Gasteiger partial charge on any atom is 0.403 e. The van der Waals surface area contributed by atoms with Crippen molar-refractivity contribution in [1.82, 2.24) is 9.80 Å². The number of hydrogen-bond acceptors (Lipinski definition) is 3. The van der Waals surface area contributed by atoms with Crippen LogP contribution >= 0.6 is 0 Å². The summed E-state index contributed by atoms with van der Waals surface area (Å²) in [4.78, 5) is 14.4. The van der Waals surface area contributed by atoms with Gasteiger partial charge in [-0.1, -0.05) is 0 Å². The van der Waals surface area contributed by atoms with Gasteiger partial charge in [-0.2, -0.15) is 13.2 Å². The van der Waals surface area contributed by atoms with E-state index in [0.29, 0.717) is 13.1 Å². The molecule has 1 saturated heterocycles. The van der Waals surface area contributed by atoms with Crippen LogP contribution < -0.4 is 5.73 Å². The second-order valence-electron chi connectivity index (χ2n) is 4.17. The first-order chi connectivity index (χ1) is 7.86. The van der Waals surface area contributed by atoms with Crippen LogP contribution in [0.5, 0.6) is 0 Å². The third-order valence-corrected chi connectivity index (χ3v) is 3.05. The van der Waals surface area contributed by atoms with Gasteiger partial charge in [0.2, 0.25) is 5.91 Å². The Kier molecular flexibility index (Phi) is 4.76. The van der Waals surface area contributed by atoms with Crippen LogP contribution in [0.1, 0.15) is 13.3 Å². The lowest BCUT2D eigenvalue weighted by atomic mass is 10.2. The summed E-state index contributed by atoms with van der Waals surface area (Å²) in [5.41, 5.74) is 5.26. The average molecular weight is 253 g/mol. The molecule has 0 aromatic carbocycles. The molecule has 7 heteroatoms. The Morgan fingerprint density at radius 2 is 1.82 bits per heavy atom. The molecule has 0 spiro atoms. The van der Waals surface area contributed by atoms with Gasteiger partial charge in [-0.15, -0.1) is 0 Å². The summed E-state index contributed by atoms with van der Waals surface area (Å²) in [6, 6.07) is -1.45. The minimum absolute atomic E-state index is 0.0770. The molecule has 0 saturated carbocycles. The van der Waals surface area contributed by atoms with E-state index in [1.165, 1.54) is 4.90 Å². The van der Waals surface area contributed by atoms with Crippen molar-refractivity contribution in [2.24, 2.45) is 5.73 Å². The number of nitrogens with zero attached hydrogens (tertiary/aromatic N) is 2. The standard InChI is InChI=1S/C10H18F3N3O/c1-8(10(11,12)13)15-4-6-16(7-5-15)9(17)2-3-14/h8H,2-7,14H2,1H3. The molecule has 2 N–H and O–H groups in total. The zero-order chi connectivity index (χ0) is 13.1. The molecule has 1 aliphatic heterocycles. The van der Waals surface area contributed by atoms with Gasteiger partial charge in [0, 0.05) is 39.1 Å². The highest BCUT2D eigenvalue weighted by molar-refractivity contribution is 5.76. The lowest BCUT2D eigenvalue weighted by Crippen LogP contribution is -2.54. The van der Waals surface area contributed by atoms with Crippen LogP contribution in [0.25, 0.3) is 0 Å². The van der Waals surface area contributed by atoms with Crippen molar-refractivity contribution < 1.29 is 18.0 Å². The van der Waals surface area contributed by atoms with Crippen LogP contribution in [0.3, 0.4) is 0 Å². The van der Waals surface area contributed by atoms with E-state index in [2.05, 4.69) is 0 Å². The van der Waals surface area contributed by atoms with E-state index in [9.17, 15) is 18.0 Å². The molecule has 0 radical (unpaired) electrons. The second kappa shape index (κ2) is 5.68. The first-order valence-electron chi connectivity index (χ1n) is 5.65. The summed E-state index contributed by atoms with van der Waals surface area (Å²) in [6.45, 7) is 2.64. The highest BCUT2D eigenvalue weighted by atomic mass is 19.4. The number of carbonyl (C=O) groups is 1. The molecule has 1 amide bonds. The second-order valence-corrected chi connectivity index (χ2v) is 4.17. The molecule has 1 atom stereocenters. The van der Waals surface area contributed by atoms with Gasteiger partial charge in [0.25, 0.3) is 0 Å². The molecular weight excluding hydrogens is 235 g/mol. The predicted molar refractivity (Wildman–Crippen MR) is 57.3 cm³/mol. The Labute approximate surface area is 98.5 Å². The molecule has 1 heterocycles. The lowest BCUT2D eigenvalue weighted by Gasteiger charge is -2.38. The van der Waals surface area contributed by atoms with Gasteiger partial charge < -0.3 is 10.6 Å². The van der Waals surface area contributed by atoms with Crippen LogP contribution in [-0.2, 0) is 4.79 Å². The number of hydrogen-bond donors (Lipinski definition) is 1. The number of rotatable bonds is 3. The van der Waals surface area contributed by atoms with E-state index in [1.54, 1.807) is 4.90 Å². The van der Waals surface area contributed by atoms with Gasteiger partial charge in [-0.25, -0.2) is 0 Å². The lowest BCUT2D eigenvalue weighted by molar-refractivity contribution is -0.182. The zero-order valence-electron chi connectivity index (χ0n) is 9.83. The maximum atomic E-state index is 12.5. The Bertz CT molecular complexity index is 262. The molecule has 1 unspecified atom stereocenters. The monoisotopic (exact) mass is 253 g/mol. The van der Waals surface area contributed by atoms with Crippen LogP contribution in [0, 0.1) is 0 Å². The molecule has 1 rings (SSSR count). The highest BCUT2D eigenvalue weighted by Crippen LogP contribution is 2.25. The molecular formula is C10H18F3N3O. The zero-order valence-corrected chi connectivity index (χ0v) is 9.83. The molecule has 0 aliphatic carbocycles. The van der Waals surface area contributed by atoms with Gasteiger partial charge in [0.15, 0.2) is 0 Å². The number of carbonyl (C=O) groups excluding carboxylic acids is 1. The number of nitrogens with two attached hydrogens (primary N) is 1. The van der Waals surface area contributed by atoms with E-state index in [0.717, 1.165) is 6.92 Å². The van der Waals surface area contributed by atoms with Crippen molar-refractivity contribution in [3.63, 3.8) is 0 Å². The Morgan fingerprint density at radius 3 is 2.24 bits per heavy atom. The van der Waals surface area contributed by atoms with E-state index in [1.807, 2.05) is 0 Å². The summed E-state index contributed by atoms with van der Waals surface area (Å²) in [5.74, 6) is -0.0770. The normalized spacial score (nSPS) is 20.4. The fourth-order valence-electron chi connectivity index (χ4n) is 1.85. The summed E-state index contributed by atoms with van der Waals surface area (Å²) in [7, 11) is 0. The summed E-state index contributed by atoms with van der Waals surface area (Å²) in [5, 5.41) is 0. The van der Waals surface area contributed by atoms with Crippen LogP contribution in [0.4, 0.5) is 13.2 Å². The fourth-order valence-corrected chi connectivity index (χ4v) is 1.85. The summed E-state index contributed by atoms with van der Waals surface area (Å²) >= 11 is 0. The first-order valence-corrected chi connectivity index (χ1v) is 5.65. The van der Waals surface area contributed by atoms with Crippen molar-refractivity contribution >= 4 is 5.91 Å². The minimum Gasteiger partial charge on any atom is -0.340 e. The van der Waals surface area contributed by atoms with Crippen LogP contribution in [0.2, 0.25) is 0 Å². The maximum absolute atomic E-state index is 12.5. The SMILES string of the molecule is CC(N1CCN(C(=O)CCN)CC1)C(F)(F)F. The number of alkyl halides is 3. The molecule has 100 valence electrons. The first kappa shape index (κ1) is 14.2. The van der Waals surface area contributed by atoms with Crippen LogP contribution in [0.15, 0.2) is 0 Å². The average Bonchev–Trinajstić information content (AvgIpc) is 2.27. The molecule has 0 aromatic heterocycles. The Hall–Kier alpha value is -0.820. The molecule has 17 heavy (non-hydrogen) atoms. The van der Waals surface area contributed by atoms with Crippen molar-refractivity contribution in [2.45, 2.75) is 25.6 Å². The van der Waals surface area contributed by atoms with Gasteiger partial charge in [0.1, 0.15) is 6.04 Å². The third kappa shape index (κ3) is 3.85. The third-order valence-electron chi connectivity index (χ3n) is 3.05. The Morgan fingerprint density at radius 1 is 1.29 bits per heavy atom. The predicted octanol–water partition coefficient (Wildman–Crippen LogP) is 0.430. The van der Waals surface area contributed by atoms with Crippen molar-refractivity contribution in [3.05, 3.63) is 0 Å². The summed E-state index contributed by atoms with van der Waals surface area (Å²) in [6.07, 6.45) is -3.95. The van der Waals surface area contributed by atoms with Crippen molar-refractivity contribution in [1.29, 1.82) is 0 Å². The smallest absolute Gasteiger partial charge is 0.340 e. The van der Waals surface area contributed by atoms with E-state index >= 15 is 0 Å². The van der Waals surface area contributed by atoms with Gasteiger partial charge in [-0.05, 0) is 6.92 Å². The van der Waals surface area contributed by atoms with Gasteiger partial charge in [-0.3, -0.25) is 9.69 Å². The molecule has 4 nitrogen and oxygen atoms in total. The Balaban J connectivity index is 2.43. The minimum atomic E-state index is -4.20. The summed E-state index contributed by atoms with van der Waals surface area (Å²) < 4.78 is 37.4. The molecule has 0 aromatic rings. The number of piperazine rings is 1. The van der Waals surface area contributed by atoms with Crippen LogP contribution in [-0.4, -0.2) is 60.6 Å². The largest absolute Gasteiger partial charge is 0.403 e. The molecule has 0 bridgehead atoms. The van der Waals surface area contributed by atoms with E-state index in [-0.39, 0.29) is 32.0 Å².